The van der Waals surface area contributed by atoms with Crippen LogP contribution in [-0.2, 0) is 16.1 Å². The zero-order chi connectivity index (χ0) is 13.2. The number of methoxy groups -OCH3 is 1. The number of rotatable bonds is 3. The lowest BCUT2D eigenvalue weighted by atomic mass is 9.81. The van der Waals surface area contributed by atoms with Crippen LogP contribution in [0, 0.1) is 11.3 Å². The second-order valence-electron chi connectivity index (χ2n) is 5.47. The first kappa shape index (κ1) is 13.1. The standard InChI is InChI=1S/C15H21NO2/c1-12-9-16(10-13-7-5-4-6-8-13)11-15(12,2)14(17)18-3/h4-8,12H,9-11H2,1-3H3/t12-,15-/m0/s1. The van der Waals surface area contributed by atoms with Crippen molar-refractivity contribution in [3.63, 3.8) is 0 Å². The molecule has 1 aromatic carbocycles. The van der Waals surface area contributed by atoms with E-state index in [1.807, 2.05) is 25.1 Å². The third kappa shape index (κ3) is 2.41. The molecule has 0 unspecified atom stereocenters. The van der Waals surface area contributed by atoms with Crippen molar-refractivity contribution in [3.05, 3.63) is 35.9 Å². The Kier molecular flexibility index (Phi) is 3.71. The van der Waals surface area contributed by atoms with Crippen molar-refractivity contribution in [2.24, 2.45) is 11.3 Å². The van der Waals surface area contributed by atoms with E-state index in [2.05, 4.69) is 24.0 Å². The van der Waals surface area contributed by atoms with Crippen molar-refractivity contribution in [1.29, 1.82) is 0 Å². The molecule has 0 aliphatic carbocycles. The molecule has 0 spiro atoms. The molecular weight excluding hydrogens is 226 g/mol. The van der Waals surface area contributed by atoms with Crippen LogP contribution in [0.5, 0.6) is 0 Å². The van der Waals surface area contributed by atoms with E-state index in [0.29, 0.717) is 5.92 Å². The van der Waals surface area contributed by atoms with Crippen LogP contribution in [-0.4, -0.2) is 31.1 Å². The molecule has 1 heterocycles. The van der Waals surface area contributed by atoms with Gasteiger partial charge in [0.25, 0.3) is 0 Å². The maximum Gasteiger partial charge on any atom is 0.313 e. The lowest BCUT2D eigenvalue weighted by Crippen LogP contribution is -2.36. The van der Waals surface area contributed by atoms with Crippen molar-refractivity contribution in [2.45, 2.75) is 20.4 Å². The van der Waals surface area contributed by atoms with E-state index in [0.717, 1.165) is 19.6 Å². The average molecular weight is 247 g/mol. The third-order valence-electron chi connectivity index (χ3n) is 4.07. The van der Waals surface area contributed by atoms with Crippen molar-refractivity contribution < 1.29 is 9.53 Å². The van der Waals surface area contributed by atoms with E-state index < -0.39 is 0 Å². The molecular formula is C15H21NO2. The molecule has 0 N–H and O–H groups in total. The number of carbonyl (C=O) groups is 1. The molecule has 0 bridgehead atoms. The van der Waals surface area contributed by atoms with E-state index in [9.17, 15) is 4.79 Å². The van der Waals surface area contributed by atoms with Gasteiger partial charge >= 0.3 is 5.97 Å². The molecule has 1 saturated heterocycles. The molecule has 1 fully saturated rings. The Labute approximate surface area is 109 Å². The van der Waals surface area contributed by atoms with Gasteiger partial charge in [0.15, 0.2) is 0 Å². The highest BCUT2D eigenvalue weighted by Crippen LogP contribution is 2.37. The Balaban J connectivity index is 2.05. The minimum Gasteiger partial charge on any atom is -0.469 e. The summed E-state index contributed by atoms with van der Waals surface area (Å²) >= 11 is 0. The summed E-state index contributed by atoms with van der Waals surface area (Å²) in [6, 6.07) is 10.4. The lowest BCUT2D eigenvalue weighted by Gasteiger charge is -2.25. The number of hydrogen-bond acceptors (Lipinski definition) is 3. The number of hydrogen-bond donors (Lipinski definition) is 0. The molecule has 0 saturated carbocycles. The molecule has 2 rings (SSSR count). The van der Waals surface area contributed by atoms with Crippen LogP contribution in [0.15, 0.2) is 30.3 Å². The number of nitrogens with zero attached hydrogens (tertiary/aromatic N) is 1. The molecule has 1 aliphatic rings. The normalized spacial score (nSPS) is 28.3. The van der Waals surface area contributed by atoms with Gasteiger partial charge in [0.2, 0.25) is 0 Å². The Morgan fingerprint density at radius 2 is 2.11 bits per heavy atom. The topological polar surface area (TPSA) is 29.5 Å². The van der Waals surface area contributed by atoms with Gasteiger partial charge in [-0.15, -0.1) is 0 Å². The van der Waals surface area contributed by atoms with Gasteiger partial charge in [-0.05, 0) is 18.4 Å². The number of ether oxygens (including phenoxy) is 1. The van der Waals surface area contributed by atoms with Gasteiger partial charge in [-0.2, -0.15) is 0 Å². The molecule has 3 nitrogen and oxygen atoms in total. The Morgan fingerprint density at radius 1 is 1.44 bits per heavy atom. The summed E-state index contributed by atoms with van der Waals surface area (Å²) in [5.41, 5.74) is 0.919. The highest BCUT2D eigenvalue weighted by atomic mass is 16.5. The van der Waals surface area contributed by atoms with Crippen LogP contribution < -0.4 is 0 Å². The first-order chi connectivity index (χ1) is 8.56. The summed E-state index contributed by atoms with van der Waals surface area (Å²) in [5, 5.41) is 0. The van der Waals surface area contributed by atoms with Gasteiger partial charge in [-0.25, -0.2) is 0 Å². The second kappa shape index (κ2) is 5.11. The predicted octanol–water partition coefficient (Wildman–Crippen LogP) is 2.32. The summed E-state index contributed by atoms with van der Waals surface area (Å²) in [5.74, 6) is 0.235. The predicted molar refractivity (Wildman–Crippen MR) is 71.0 cm³/mol. The second-order valence-corrected chi connectivity index (χ2v) is 5.47. The molecule has 98 valence electrons. The Hall–Kier alpha value is -1.35. The zero-order valence-corrected chi connectivity index (χ0v) is 11.3. The van der Waals surface area contributed by atoms with Gasteiger partial charge in [-0.3, -0.25) is 9.69 Å². The lowest BCUT2D eigenvalue weighted by molar-refractivity contribution is -0.152. The average Bonchev–Trinajstić information content (AvgIpc) is 2.66. The van der Waals surface area contributed by atoms with E-state index in [4.69, 9.17) is 4.74 Å². The third-order valence-corrected chi connectivity index (χ3v) is 4.07. The smallest absolute Gasteiger partial charge is 0.313 e. The van der Waals surface area contributed by atoms with Crippen LogP contribution in [0.2, 0.25) is 0 Å². The SMILES string of the molecule is COC(=O)[C@@]1(C)CN(Cc2ccccc2)C[C@@H]1C. The van der Waals surface area contributed by atoms with E-state index in [-0.39, 0.29) is 11.4 Å². The minimum absolute atomic E-state index is 0.0921. The monoisotopic (exact) mass is 247 g/mol. The summed E-state index contributed by atoms with van der Waals surface area (Å²) in [6.45, 7) is 6.75. The number of benzene rings is 1. The maximum atomic E-state index is 11.9. The van der Waals surface area contributed by atoms with Gasteiger partial charge in [0.1, 0.15) is 0 Å². The van der Waals surface area contributed by atoms with Crippen LogP contribution in [0.25, 0.3) is 0 Å². The highest BCUT2D eigenvalue weighted by molar-refractivity contribution is 5.77. The van der Waals surface area contributed by atoms with E-state index in [1.54, 1.807) is 0 Å². The molecule has 3 heteroatoms. The van der Waals surface area contributed by atoms with Crippen molar-refractivity contribution in [3.8, 4) is 0 Å². The van der Waals surface area contributed by atoms with Gasteiger partial charge in [-0.1, -0.05) is 37.3 Å². The fourth-order valence-electron chi connectivity index (χ4n) is 2.73. The highest BCUT2D eigenvalue weighted by Gasteiger charge is 2.46. The minimum atomic E-state index is -0.371. The van der Waals surface area contributed by atoms with Gasteiger partial charge < -0.3 is 4.74 Å². The largest absolute Gasteiger partial charge is 0.469 e. The molecule has 1 aromatic rings. The molecule has 0 amide bonds. The molecule has 0 radical (unpaired) electrons. The van der Waals surface area contributed by atoms with Crippen molar-refractivity contribution in [2.75, 3.05) is 20.2 Å². The molecule has 18 heavy (non-hydrogen) atoms. The summed E-state index contributed by atoms with van der Waals surface area (Å²) in [7, 11) is 1.47. The first-order valence-electron chi connectivity index (χ1n) is 6.41. The molecule has 0 aromatic heterocycles. The van der Waals surface area contributed by atoms with Crippen molar-refractivity contribution in [1.82, 2.24) is 4.90 Å². The van der Waals surface area contributed by atoms with Gasteiger partial charge in [0, 0.05) is 19.6 Å². The van der Waals surface area contributed by atoms with Gasteiger partial charge in [0.05, 0.1) is 12.5 Å². The fraction of sp³-hybridized carbons (Fsp3) is 0.533. The molecule has 1 aliphatic heterocycles. The van der Waals surface area contributed by atoms with Crippen LogP contribution in [0.4, 0.5) is 0 Å². The molecule has 2 atom stereocenters. The number of esters is 1. The number of likely N-dealkylation sites (tertiary alicyclic amines) is 1. The van der Waals surface area contributed by atoms with E-state index in [1.165, 1.54) is 12.7 Å². The van der Waals surface area contributed by atoms with Crippen LogP contribution in [0.3, 0.4) is 0 Å². The number of carbonyl (C=O) groups excluding carboxylic acids is 1. The zero-order valence-electron chi connectivity index (χ0n) is 11.3. The Bertz CT molecular complexity index is 418. The fourth-order valence-corrected chi connectivity index (χ4v) is 2.73. The van der Waals surface area contributed by atoms with Crippen LogP contribution >= 0.6 is 0 Å². The van der Waals surface area contributed by atoms with Crippen LogP contribution in [0.1, 0.15) is 19.4 Å². The summed E-state index contributed by atoms with van der Waals surface area (Å²) < 4.78 is 4.94. The first-order valence-corrected chi connectivity index (χ1v) is 6.41. The van der Waals surface area contributed by atoms with Crippen molar-refractivity contribution >= 4 is 5.97 Å². The summed E-state index contributed by atoms with van der Waals surface area (Å²) in [4.78, 5) is 14.2. The quantitative estimate of drug-likeness (QED) is 0.768. The maximum absolute atomic E-state index is 11.9. The van der Waals surface area contributed by atoms with E-state index >= 15 is 0 Å². The summed E-state index contributed by atoms with van der Waals surface area (Å²) in [6.07, 6.45) is 0. The Morgan fingerprint density at radius 3 is 2.72 bits per heavy atom.